The average molecular weight is 311 g/mol. The maximum atomic E-state index is 12.3. The highest BCUT2D eigenvalue weighted by atomic mass is 16.5. The summed E-state index contributed by atoms with van der Waals surface area (Å²) in [5.41, 5.74) is 1.76. The van der Waals surface area contributed by atoms with Gasteiger partial charge in [-0.05, 0) is 25.5 Å². The zero-order chi connectivity index (χ0) is 16.5. The molecule has 0 aliphatic carbocycles. The number of hydrogen-bond donors (Lipinski definition) is 1. The Morgan fingerprint density at radius 3 is 2.17 bits per heavy atom. The summed E-state index contributed by atoms with van der Waals surface area (Å²) in [7, 11) is 0. The van der Waals surface area contributed by atoms with Crippen molar-refractivity contribution >= 4 is 11.7 Å². The standard InChI is InChI=1S/C19H21NO3/c1-2-23-14-6-13-20-19(22)17-11-9-16(10-12-17)18(21)15-7-4-3-5-8-15/h3-5,7-12H,2,6,13-14H2,1H3,(H,20,22). The van der Waals surface area contributed by atoms with E-state index in [2.05, 4.69) is 5.32 Å². The highest BCUT2D eigenvalue weighted by Crippen LogP contribution is 2.11. The fourth-order valence-corrected chi connectivity index (χ4v) is 2.15. The lowest BCUT2D eigenvalue weighted by molar-refractivity contribution is 0.0942. The van der Waals surface area contributed by atoms with Crippen molar-refractivity contribution in [1.29, 1.82) is 0 Å². The Bertz CT molecular complexity index is 635. The Labute approximate surface area is 136 Å². The highest BCUT2D eigenvalue weighted by Gasteiger charge is 2.10. The van der Waals surface area contributed by atoms with Crippen molar-refractivity contribution in [3.8, 4) is 0 Å². The molecular weight excluding hydrogens is 290 g/mol. The first-order valence-electron chi connectivity index (χ1n) is 7.78. The van der Waals surface area contributed by atoms with Crippen LogP contribution in [0.5, 0.6) is 0 Å². The quantitative estimate of drug-likeness (QED) is 0.602. The molecule has 2 rings (SSSR count). The summed E-state index contributed by atoms with van der Waals surface area (Å²) in [6.45, 7) is 3.84. The average Bonchev–Trinajstić information content (AvgIpc) is 2.61. The zero-order valence-corrected chi connectivity index (χ0v) is 13.2. The van der Waals surface area contributed by atoms with Gasteiger partial charge in [0.1, 0.15) is 0 Å². The van der Waals surface area contributed by atoms with Crippen molar-refractivity contribution < 1.29 is 14.3 Å². The third-order valence-electron chi connectivity index (χ3n) is 3.40. The van der Waals surface area contributed by atoms with Gasteiger partial charge in [0.05, 0.1) is 0 Å². The molecule has 0 spiro atoms. The normalized spacial score (nSPS) is 10.3. The largest absolute Gasteiger partial charge is 0.382 e. The molecule has 4 nitrogen and oxygen atoms in total. The molecule has 0 aliphatic rings. The molecule has 0 aliphatic heterocycles. The topological polar surface area (TPSA) is 55.4 Å². The number of carbonyl (C=O) groups is 2. The molecule has 23 heavy (non-hydrogen) atoms. The number of nitrogens with one attached hydrogen (secondary N) is 1. The molecule has 4 heteroatoms. The fourth-order valence-electron chi connectivity index (χ4n) is 2.15. The summed E-state index contributed by atoms with van der Waals surface area (Å²) < 4.78 is 5.22. The third kappa shape index (κ3) is 5.04. The number of amides is 1. The smallest absolute Gasteiger partial charge is 0.251 e. The van der Waals surface area contributed by atoms with Gasteiger partial charge in [0, 0.05) is 36.4 Å². The molecule has 0 unspecified atom stereocenters. The van der Waals surface area contributed by atoms with Gasteiger partial charge in [0.25, 0.3) is 5.91 Å². The zero-order valence-electron chi connectivity index (χ0n) is 13.2. The Morgan fingerprint density at radius 1 is 0.913 bits per heavy atom. The van der Waals surface area contributed by atoms with E-state index in [9.17, 15) is 9.59 Å². The van der Waals surface area contributed by atoms with Crippen LogP contribution in [0.15, 0.2) is 54.6 Å². The fraction of sp³-hybridized carbons (Fsp3) is 0.263. The van der Waals surface area contributed by atoms with E-state index in [1.165, 1.54) is 0 Å². The molecule has 0 bridgehead atoms. The molecule has 1 N–H and O–H groups in total. The molecule has 0 saturated heterocycles. The molecule has 0 radical (unpaired) electrons. The predicted molar refractivity (Wildman–Crippen MR) is 89.8 cm³/mol. The molecule has 0 heterocycles. The van der Waals surface area contributed by atoms with Crippen molar-refractivity contribution in [3.05, 3.63) is 71.3 Å². The van der Waals surface area contributed by atoms with Gasteiger partial charge >= 0.3 is 0 Å². The van der Waals surface area contributed by atoms with Crippen LogP contribution >= 0.6 is 0 Å². The summed E-state index contributed by atoms with van der Waals surface area (Å²) in [6.07, 6.45) is 0.782. The van der Waals surface area contributed by atoms with Gasteiger partial charge < -0.3 is 10.1 Å². The molecule has 2 aromatic carbocycles. The van der Waals surface area contributed by atoms with Gasteiger partial charge in [0.15, 0.2) is 5.78 Å². The van der Waals surface area contributed by atoms with Crippen molar-refractivity contribution in [3.63, 3.8) is 0 Å². The first-order valence-corrected chi connectivity index (χ1v) is 7.78. The lowest BCUT2D eigenvalue weighted by Gasteiger charge is -2.06. The monoisotopic (exact) mass is 311 g/mol. The second kappa shape index (κ2) is 8.86. The van der Waals surface area contributed by atoms with Crippen molar-refractivity contribution in [2.24, 2.45) is 0 Å². The molecule has 0 atom stereocenters. The maximum Gasteiger partial charge on any atom is 0.251 e. The van der Waals surface area contributed by atoms with Gasteiger partial charge in [-0.3, -0.25) is 9.59 Å². The lowest BCUT2D eigenvalue weighted by atomic mass is 10.0. The summed E-state index contributed by atoms with van der Waals surface area (Å²) in [6, 6.07) is 15.8. The van der Waals surface area contributed by atoms with E-state index in [1.54, 1.807) is 36.4 Å². The van der Waals surface area contributed by atoms with Crippen LogP contribution in [-0.2, 0) is 4.74 Å². The highest BCUT2D eigenvalue weighted by molar-refractivity contribution is 6.09. The van der Waals surface area contributed by atoms with E-state index in [-0.39, 0.29) is 11.7 Å². The minimum atomic E-state index is -0.139. The van der Waals surface area contributed by atoms with Crippen molar-refractivity contribution in [2.75, 3.05) is 19.8 Å². The van der Waals surface area contributed by atoms with E-state index >= 15 is 0 Å². The van der Waals surface area contributed by atoms with Crippen LogP contribution in [0, 0.1) is 0 Å². The van der Waals surface area contributed by atoms with Crippen molar-refractivity contribution in [2.45, 2.75) is 13.3 Å². The third-order valence-corrected chi connectivity index (χ3v) is 3.40. The van der Waals surface area contributed by atoms with Crippen LogP contribution in [-0.4, -0.2) is 31.4 Å². The lowest BCUT2D eigenvalue weighted by Crippen LogP contribution is -2.25. The van der Waals surface area contributed by atoms with E-state index < -0.39 is 0 Å². The molecule has 2 aromatic rings. The Kier molecular flexibility index (Phi) is 6.51. The van der Waals surface area contributed by atoms with Gasteiger partial charge in [0.2, 0.25) is 0 Å². The number of hydrogen-bond acceptors (Lipinski definition) is 3. The number of ether oxygens (including phenoxy) is 1. The van der Waals surface area contributed by atoms with Gasteiger partial charge in [-0.2, -0.15) is 0 Å². The maximum absolute atomic E-state index is 12.3. The number of rotatable bonds is 8. The summed E-state index contributed by atoms with van der Waals surface area (Å²) >= 11 is 0. The van der Waals surface area contributed by atoms with Crippen LogP contribution < -0.4 is 5.32 Å². The number of benzene rings is 2. The van der Waals surface area contributed by atoms with Crippen molar-refractivity contribution in [1.82, 2.24) is 5.32 Å². The minimum absolute atomic E-state index is 0.0470. The minimum Gasteiger partial charge on any atom is -0.382 e. The Morgan fingerprint density at radius 2 is 1.52 bits per heavy atom. The molecular formula is C19H21NO3. The van der Waals surface area contributed by atoms with E-state index in [0.717, 1.165) is 6.42 Å². The Hall–Kier alpha value is -2.46. The first-order chi connectivity index (χ1) is 11.2. The Balaban J connectivity index is 1.91. The van der Waals surface area contributed by atoms with Crippen LogP contribution in [0.4, 0.5) is 0 Å². The van der Waals surface area contributed by atoms with Crippen LogP contribution in [0.1, 0.15) is 39.6 Å². The second-order valence-corrected chi connectivity index (χ2v) is 5.08. The summed E-state index contributed by atoms with van der Waals surface area (Å²) in [4.78, 5) is 24.3. The molecule has 120 valence electrons. The molecule has 0 saturated carbocycles. The SMILES string of the molecule is CCOCCCNC(=O)c1ccc(C(=O)c2ccccc2)cc1. The number of ketones is 1. The molecule has 1 amide bonds. The van der Waals surface area contributed by atoms with Gasteiger partial charge in [-0.25, -0.2) is 0 Å². The van der Waals surface area contributed by atoms with Crippen LogP contribution in [0.2, 0.25) is 0 Å². The first kappa shape index (κ1) is 16.9. The van der Waals surface area contributed by atoms with E-state index in [1.807, 2.05) is 25.1 Å². The van der Waals surface area contributed by atoms with Crippen LogP contribution in [0.25, 0.3) is 0 Å². The summed E-state index contributed by atoms with van der Waals surface area (Å²) in [5, 5.41) is 2.83. The van der Waals surface area contributed by atoms with Gasteiger partial charge in [-0.15, -0.1) is 0 Å². The molecule has 0 fully saturated rings. The number of carbonyl (C=O) groups excluding carboxylic acids is 2. The van der Waals surface area contributed by atoms with Crippen LogP contribution in [0.3, 0.4) is 0 Å². The predicted octanol–water partition coefficient (Wildman–Crippen LogP) is 3.07. The summed E-state index contributed by atoms with van der Waals surface area (Å²) in [5.74, 6) is -0.186. The van der Waals surface area contributed by atoms with Gasteiger partial charge in [-0.1, -0.05) is 42.5 Å². The van der Waals surface area contributed by atoms with E-state index in [0.29, 0.717) is 36.4 Å². The second-order valence-electron chi connectivity index (χ2n) is 5.08. The van der Waals surface area contributed by atoms with E-state index in [4.69, 9.17) is 4.74 Å². The molecule has 0 aromatic heterocycles.